The molecule has 1 amide bonds. The number of benzene rings is 2. The molecule has 0 fully saturated rings. The number of rotatable bonds is 5. The third-order valence-corrected chi connectivity index (χ3v) is 2.87. The van der Waals surface area contributed by atoms with Crippen molar-refractivity contribution in [1.82, 2.24) is 0 Å². The lowest BCUT2D eigenvalue weighted by molar-refractivity contribution is -0.115. The molecular weight excluding hydrogens is 264 g/mol. The normalized spacial score (nSPS) is 9.71. The molecule has 0 bridgehead atoms. The number of carbonyl (C=O) groups excluding carboxylic acids is 1. The fourth-order valence-corrected chi connectivity index (χ4v) is 1.99. The van der Waals surface area contributed by atoms with Gasteiger partial charge in [-0.1, -0.05) is 35.9 Å². The smallest absolute Gasteiger partial charge is 0.228 e. The third kappa shape index (κ3) is 4.66. The van der Waals surface area contributed by atoms with Crippen LogP contribution in [-0.4, -0.2) is 12.5 Å². The summed E-state index contributed by atoms with van der Waals surface area (Å²) in [5, 5.41) is 11.3. The number of hydrogen-bond acceptors (Lipinski definition) is 3. The summed E-state index contributed by atoms with van der Waals surface area (Å²) < 4.78 is 5.20. The maximum Gasteiger partial charge on any atom is 0.228 e. The van der Waals surface area contributed by atoms with Gasteiger partial charge in [0.25, 0.3) is 0 Å². The Hall–Kier alpha value is -2.80. The summed E-state index contributed by atoms with van der Waals surface area (Å²) >= 11 is 0. The van der Waals surface area contributed by atoms with Crippen molar-refractivity contribution in [2.45, 2.75) is 13.3 Å². The zero-order valence-corrected chi connectivity index (χ0v) is 11.8. The first-order valence-corrected chi connectivity index (χ1v) is 6.62. The van der Waals surface area contributed by atoms with Crippen LogP contribution in [0.1, 0.15) is 11.1 Å². The van der Waals surface area contributed by atoms with Crippen molar-refractivity contribution in [2.75, 3.05) is 11.9 Å². The van der Waals surface area contributed by atoms with Gasteiger partial charge < -0.3 is 10.1 Å². The highest BCUT2D eigenvalue weighted by atomic mass is 16.5. The van der Waals surface area contributed by atoms with Crippen molar-refractivity contribution in [3.8, 4) is 11.8 Å². The van der Waals surface area contributed by atoms with Gasteiger partial charge in [-0.3, -0.25) is 4.79 Å². The minimum absolute atomic E-state index is 0.0132. The Bertz CT molecular complexity index is 674. The number of aryl methyl sites for hydroxylation is 1. The van der Waals surface area contributed by atoms with Crippen molar-refractivity contribution in [3.63, 3.8) is 0 Å². The Morgan fingerprint density at radius 2 is 2.05 bits per heavy atom. The molecule has 106 valence electrons. The van der Waals surface area contributed by atoms with Gasteiger partial charge in [0.15, 0.2) is 6.61 Å². The third-order valence-electron chi connectivity index (χ3n) is 2.87. The number of nitriles is 1. The summed E-state index contributed by atoms with van der Waals surface area (Å²) in [6, 6.07) is 16.8. The average Bonchev–Trinajstić information content (AvgIpc) is 2.45. The van der Waals surface area contributed by atoms with Gasteiger partial charge >= 0.3 is 0 Å². The summed E-state index contributed by atoms with van der Waals surface area (Å²) in [4.78, 5) is 12.0. The summed E-state index contributed by atoms with van der Waals surface area (Å²) in [5.74, 6) is 0.475. The predicted molar refractivity (Wildman–Crippen MR) is 81.1 cm³/mol. The van der Waals surface area contributed by atoms with Gasteiger partial charge in [0, 0.05) is 11.8 Å². The molecule has 0 spiro atoms. The predicted octanol–water partition coefficient (Wildman–Crippen LogP) is 3.08. The molecule has 4 nitrogen and oxygen atoms in total. The van der Waals surface area contributed by atoms with Crippen LogP contribution in [0.3, 0.4) is 0 Å². The maximum atomic E-state index is 12.0. The first kappa shape index (κ1) is 14.6. The lowest BCUT2D eigenvalue weighted by Gasteiger charge is -2.08. The van der Waals surface area contributed by atoms with Gasteiger partial charge in [-0.05, 0) is 24.6 Å². The minimum Gasteiger partial charge on any atom is -0.479 e. The monoisotopic (exact) mass is 280 g/mol. The lowest BCUT2D eigenvalue weighted by atomic mass is 10.1. The van der Waals surface area contributed by atoms with Crippen molar-refractivity contribution >= 4 is 11.6 Å². The molecule has 0 saturated carbocycles. The molecule has 0 aromatic heterocycles. The van der Waals surface area contributed by atoms with E-state index in [-0.39, 0.29) is 12.5 Å². The van der Waals surface area contributed by atoms with Crippen LogP contribution in [0, 0.1) is 18.3 Å². The summed E-state index contributed by atoms with van der Waals surface area (Å²) in [5.41, 5.74) is 2.76. The number of nitrogens with zero attached hydrogens (tertiary/aromatic N) is 1. The van der Waals surface area contributed by atoms with E-state index in [1.54, 1.807) is 24.3 Å². The van der Waals surface area contributed by atoms with E-state index in [1.165, 1.54) is 0 Å². The number of ether oxygens (including phenoxy) is 1. The van der Waals surface area contributed by atoms with E-state index in [2.05, 4.69) is 5.32 Å². The second-order valence-electron chi connectivity index (χ2n) is 4.69. The van der Waals surface area contributed by atoms with Crippen molar-refractivity contribution in [3.05, 3.63) is 59.7 Å². The highest BCUT2D eigenvalue weighted by Gasteiger charge is 2.05. The summed E-state index contributed by atoms with van der Waals surface area (Å²) in [7, 11) is 0. The van der Waals surface area contributed by atoms with Crippen LogP contribution in [-0.2, 0) is 11.2 Å². The Morgan fingerprint density at radius 3 is 2.81 bits per heavy atom. The molecule has 0 aliphatic carbocycles. The first-order chi connectivity index (χ1) is 10.2. The quantitative estimate of drug-likeness (QED) is 0.915. The zero-order valence-electron chi connectivity index (χ0n) is 11.8. The van der Waals surface area contributed by atoms with Crippen LogP contribution in [0.5, 0.6) is 5.75 Å². The average molecular weight is 280 g/mol. The maximum absolute atomic E-state index is 12.0. The van der Waals surface area contributed by atoms with Crippen LogP contribution in [0.2, 0.25) is 0 Å². The standard InChI is InChI=1S/C17H16N2O2/c1-13-4-2-5-14(10-13)11-17(20)19-15-6-3-7-16(12-15)21-9-8-18/h2-7,10,12H,9,11H2,1H3,(H,19,20). The van der Waals surface area contributed by atoms with Gasteiger partial charge in [-0.2, -0.15) is 5.26 Å². The topological polar surface area (TPSA) is 62.1 Å². The second-order valence-corrected chi connectivity index (χ2v) is 4.69. The van der Waals surface area contributed by atoms with E-state index in [1.807, 2.05) is 37.3 Å². The Kier molecular flexibility index (Phi) is 4.94. The van der Waals surface area contributed by atoms with Crippen molar-refractivity contribution in [2.24, 2.45) is 0 Å². The van der Waals surface area contributed by atoms with Crippen molar-refractivity contribution in [1.29, 1.82) is 5.26 Å². The summed E-state index contributed by atoms with van der Waals surface area (Å²) in [6.07, 6.45) is 0.324. The van der Waals surface area contributed by atoms with E-state index < -0.39 is 0 Å². The van der Waals surface area contributed by atoms with E-state index >= 15 is 0 Å². The molecule has 0 unspecified atom stereocenters. The molecule has 2 aromatic carbocycles. The molecule has 0 atom stereocenters. The largest absolute Gasteiger partial charge is 0.479 e. The first-order valence-electron chi connectivity index (χ1n) is 6.62. The Balaban J connectivity index is 1.98. The van der Waals surface area contributed by atoms with Gasteiger partial charge in [-0.25, -0.2) is 0 Å². The summed E-state index contributed by atoms with van der Waals surface area (Å²) in [6.45, 7) is 1.98. The number of carbonyl (C=O) groups is 1. The van der Waals surface area contributed by atoms with E-state index in [0.717, 1.165) is 11.1 Å². The fourth-order valence-electron chi connectivity index (χ4n) is 1.99. The minimum atomic E-state index is -0.0852. The molecule has 0 aliphatic heterocycles. The fraction of sp³-hybridized carbons (Fsp3) is 0.176. The van der Waals surface area contributed by atoms with Crippen LogP contribution < -0.4 is 10.1 Å². The Morgan fingerprint density at radius 1 is 1.24 bits per heavy atom. The zero-order chi connectivity index (χ0) is 15.1. The van der Waals surface area contributed by atoms with Crippen LogP contribution >= 0.6 is 0 Å². The Labute approximate surface area is 124 Å². The molecule has 21 heavy (non-hydrogen) atoms. The van der Waals surface area contributed by atoms with Gasteiger partial charge in [0.05, 0.1) is 6.42 Å². The van der Waals surface area contributed by atoms with E-state index in [9.17, 15) is 4.79 Å². The molecule has 2 rings (SSSR count). The highest BCUT2D eigenvalue weighted by Crippen LogP contribution is 2.17. The van der Waals surface area contributed by atoms with Crippen LogP contribution in [0.25, 0.3) is 0 Å². The molecule has 2 aromatic rings. The number of nitrogens with one attached hydrogen (secondary N) is 1. The molecular formula is C17H16N2O2. The second kappa shape index (κ2) is 7.11. The van der Waals surface area contributed by atoms with E-state index in [0.29, 0.717) is 17.9 Å². The van der Waals surface area contributed by atoms with Gasteiger partial charge in [0.2, 0.25) is 5.91 Å². The lowest BCUT2D eigenvalue weighted by Crippen LogP contribution is -2.14. The van der Waals surface area contributed by atoms with Crippen LogP contribution in [0.4, 0.5) is 5.69 Å². The van der Waals surface area contributed by atoms with E-state index in [4.69, 9.17) is 10.00 Å². The molecule has 0 saturated heterocycles. The van der Waals surface area contributed by atoms with Crippen molar-refractivity contribution < 1.29 is 9.53 Å². The molecule has 1 N–H and O–H groups in total. The molecule has 0 heterocycles. The number of amides is 1. The number of hydrogen-bond donors (Lipinski definition) is 1. The molecule has 0 radical (unpaired) electrons. The SMILES string of the molecule is Cc1cccc(CC(=O)Nc2cccc(OCC#N)c2)c1. The highest BCUT2D eigenvalue weighted by molar-refractivity contribution is 5.92. The number of anilines is 1. The molecule has 0 aliphatic rings. The van der Waals surface area contributed by atoms with Gasteiger partial charge in [0.1, 0.15) is 11.8 Å². The van der Waals surface area contributed by atoms with Gasteiger partial charge in [-0.15, -0.1) is 0 Å². The van der Waals surface area contributed by atoms with Crippen LogP contribution in [0.15, 0.2) is 48.5 Å². The molecule has 4 heteroatoms.